The molecule has 7 heteroatoms. The lowest BCUT2D eigenvalue weighted by Crippen LogP contribution is -2.33. The van der Waals surface area contributed by atoms with Gasteiger partial charge in [0.25, 0.3) is 0 Å². The molecule has 1 saturated heterocycles. The first kappa shape index (κ1) is 17.8. The number of thioether (sulfide) groups is 1. The van der Waals surface area contributed by atoms with E-state index < -0.39 is 10.0 Å². The van der Waals surface area contributed by atoms with Crippen molar-refractivity contribution in [3.8, 4) is 0 Å². The van der Waals surface area contributed by atoms with Crippen molar-refractivity contribution in [3.05, 3.63) is 18.2 Å². The van der Waals surface area contributed by atoms with E-state index in [0.717, 1.165) is 48.4 Å². The van der Waals surface area contributed by atoms with Crippen LogP contribution >= 0.6 is 11.8 Å². The average molecular weight is 369 g/mol. The number of fused-ring (bicyclic) bond motifs is 1. The van der Waals surface area contributed by atoms with Gasteiger partial charge in [0.15, 0.2) is 0 Å². The van der Waals surface area contributed by atoms with Gasteiger partial charge in [-0.05, 0) is 43.2 Å². The van der Waals surface area contributed by atoms with E-state index in [4.69, 9.17) is 0 Å². The van der Waals surface area contributed by atoms with Crippen LogP contribution in [0.15, 0.2) is 28.0 Å². The number of carbonyl (C=O) groups is 1. The summed E-state index contributed by atoms with van der Waals surface area (Å²) in [5, 5.41) is 0. The van der Waals surface area contributed by atoms with Gasteiger partial charge in [0.1, 0.15) is 0 Å². The van der Waals surface area contributed by atoms with Crippen molar-refractivity contribution in [1.82, 2.24) is 4.31 Å². The third-order valence-corrected chi connectivity index (χ3v) is 7.63. The first-order valence-electron chi connectivity index (χ1n) is 8.55. The Balaban J connectivity index is 1.98. The fourth-order valence-electron chi connectivity index (χ4n) is 3.27. The number of sulfonamides is 1. The maximum atomic E-state index is 13.0. The van der Waals surface area contributed by atoms with Crippen LogP contribution in [0.3, 0.4) is 0 Å². The molecule has 0 unspecified atom stereocenters. The molecule has 2 heterocycles. The highest BCUT2D eigenvalue weighted by Crippen LogP contribution is 2.36. The summed E-state index contributed by atoms with van der Waals surface area (Å²) in [6.07, 6.45) is 4.92. The molecule has 2 aliphatic rings. The number of anilines is 1. The van der Waals surface area contributed by atoms with Gasteiger partial charge in [-0.1, -0.05) is 12.8 Å². The van der Waals surface area contributed by atoms with E-state index in [1.54, 1.807) is 33.1 Å². The van der Waals surface area contributed by atoms with E-state index in [1.165, 1.54) is 6.92 Å². The molecule has 5 nitrogen and oxygen atoms in total. The van der Waals surface area contributed by atoms with Crippen molar-refractivity contribution < 1.29 is 13.2 Å². The van der Waals surface area contributed by atoms with Gasteiger partial charge in [-0.15, -0.1) is 11.8 Å². The van der Waals surface area contributed by atoms with Gasteiger partial charge in [0, 0.05) is 31.5 Å². The second kappa shape index (κ2) is 7.45. The Morgan fingerprint density at radius 1 is 1.04 bits per heavy atom. The molecule has 24 heavy (non-hydrogen) atoms. The van der Waals surface area contributed by atoms with Crippen LogP contribution in [0.5, 0.6) is 0 Å². The smallest absolute Gasteiger partial charge is 0.243 e. The molecule has 0 aromatic heterocycles. The second-order valence-electron chi connectivity index (χ2n) is 6.32. The van der Waals surface area contributed by atoms with E-state index in [2.05, 4.69) is 0 Å². The average Bonchev–Trinajstić information content (AvgIpc) is 2.95. The van der Waals surface area contributed by atoms with Crippen LogP contribution in [0.1, 0.15) is 39.0 Å². The highest BCUT2D eigenvalue weighted by molar-refractivity contribution is 7.99. The Labute approximate surface area is 148 Å². The van der Waals surface area contributed by atoms with Gasteiger partial charge < -0.3 is 4.90 Å². The molecule has 2 aliphatic heterocycles. The SMILES string of the molecule is CC(=O)N1CCCSc2ccc(S(=O)(=O)N3CCCCCC3)cc21. The van der Waals surface area contributed by atoms with Gasteiger partial charge >= 0.3 is 0 Å². The van der Waals surface area contributed by atoms with Crippen LogP contribution in [-0.2, 0) is 14.8 Å². The van der Waals surface area contributed by atoms with E-state index in [-0.39, 0.29) is 5.91 Å². The van der Waals surface area contributed by atoms with Crippen molar-refractivity contribution in [2.75, 3.05) is 30.3 Å². The van der Waals surface area contributed by atoms with Crippen LogP contribution in [0, 0.1) is 0 Å². The zero-order valence-corrected chi connectivity index (χ0v) is 15.7. The number of nitrogens with zero attached hydrogens (tertiary/aromatic N) is 2. The zero-order valence-electron chi connectivity index (χ0n) is 14.0. The Morgan fingerprint density at radius 2 is 1.75 bits per heavy atom. The van der Waals surface area contributed by atoms with Gasteiger partial charge in [-0.3, -0.25) is 4.79 Å². The largest absolute Gasteiger partial charge is 0.311 e. The molecule has 0 aliphatic carbocycles. The molecule has 132 valence electrons. The van der Waals surface area contributed by atoms with Crippen molar-refractivity contribution in [2.45, 2.75) is 48.8 Å². The van der Waals surface area contributed by atoms with Crippen LogP contribution in [-0.4, -0.2) is 44.0 Å². The first-order chi connectivity index (χ1) is 11.5. The van der Waals surface area contributed by atoms with Gasteiger partial charge in [0.2, 0.25) is 15.9 Å². The summed E-state index contributed by atoms with van der Waals surface area (Å²) in [5.74, 6) is 0.901. The lowest BCUT2D eigenvalue weighted by atomic mass is 10.2. The van der Waals surface area contributed by atoms with Crippen molar-refractivity contribution in [3.63, 3.8) is 0 Å². The first-order valence-corrected chi connectivity index (χ1v) is 11.0. The minimum atomic E-state index is -3.49. The number of hydrogen-bond acceptors (Lipinski definition) is 4. The molecular weight excluding hydrogens is 344 g/mol. The number of rotatable bonds is 2. The van der Waals surface area contributed by atoms with Crippen molar-refractivity contribution in [2.24, 2.45) is 0 Å². The maximum absolute atomic E-state index is 13.0. The summed E-state index contributed by atoms with van der Waals surface area (Å²) in [7, 11) is -3.49. The summed E-state index contributed by atoms with van der Waals surface area (Å²) >= 11 is 1.69. The molecule has 0 atom stereocenters. The second-order valence-corrected chi connectivity index (χ2v) is 9.40. The van der Waals surface area contributed by atoms with Crippen LogP contribution in [0.4, 0.5) is 5.69 Å². The summed E-state index contributed by atoms with van der Waals surface area (Å²) in [4.78, 5) is 15.0. The molecule has 0 spiro atoms. The third-order valence-electron chi connectivity index (χ3n) is 4.59. The lowest BCUT2D eigenvalue weighted by molar-refractivity contribution is -0.116. The molecule has 0 bridgehead atoms. The summed E-state index contributed by atoms with van der Waals surface area (Å²) in [6, 6.07) is 5.23. The maximum Gasteiger partial charge on any atom is 0.243 e. The van der Waals surface area contributed by atoms with E-state index in [0.29, 0.717) is 24.5 Å². The van der Waals surface area contributed by atoms with E-state index >= 15 is 0 Å². The minimum Gasteiger partial charge on any atom is -0.311 e. The number of hydrogen-bond donors (Lipinski definition) is 0. The minimum absolute atomic E-state index is 0.0388. The molecule has 3 rings (SSSR count). The molecule has 1 amide bonds. The monoisotopic (exact) mass is 368 g/mol. The van der Waals surface area contributed by atoms with Crippen LogP contribution in [0.25, 0.3) is 0 Å². The molecule has 0 radical (unpaired) electrons. The van der Waals surface area contributed by atoms with Gasteiger partial charge in [-0.2, -0.15) is 4.31 Å². The number of carbonyl (C=O) groups excluding carboxylic acids is 1. The highest BCUT2D eigenvalue weighted by Gasteiger charge is 2.27. The Morgan fingerprint density at radius 3 is 2.42 bits per heavy atom. The van der Waals surface area contributed by atoms with E-state index in [9.17, 15) is 13.2 Å². The quantitative estimate of drug-likeness (QED) is 0.805. The fourth-order valence-corrected chi connectivity index (χ4v) is 5.79. The predicted octanol–water partition coefficient (Wildman–Crippen LogP) is 3.10. The molecule has 0 N–H and O–H groups in total. The normalized spacial score (nSPS) is 20.1. The Bertz CT molecular complexity index is 711. The van der Waals surface area contributed by atoms with E-state index in [1.807, 2.05) is 6.07 Å². The fraction of sp³-hybridized carbons (Fsp3) is 0.588. The van der Waals surface area contributed by atoms with Gasteiger partial charge in [0.05, 0.1) is 10.6 Å². The van der Waals surface area contributed by atoms with Gasteiger partial charge in [-0.25, -0.2) is 8.42 Å². The highest BCUT2D eigenvalue weighted by atomic mass is 32.2. The standard InChI is InChI=1S/C17H24N2O3S2/c1-14(20)19-11-6-12-23-17-8-7-15(13-16(17)19)24(21,22)18-9-4-2-3-5-10-18/h7-8,13H,2-6,9-12H2,1H3. The molecule has 1 fully saturated rings. The Hall–Kier alpha value is -1.05. The summed E-state index contributed by atoms with van der Waals surface area (Å²) < 4.78 is 27.6. The topological polar surface area (TPSA) is 57.7 Å². The number of benzene rings is 1. The van der Waals surface area contributed by atoms with Crippen molar-refractivity contribution >= 4 is 33.4 Å². The number of amides is 1. The van der Waals surface area contributed by atoms with Crippen LogP contribution in [0.2, 0.25) is 0 Å². The molecule has 1 aromatic carbocycles. The lowest BCUT2D eigenvalue weighted by Gasteiger charge is -2.24. The molecule has 1 aromatic rings. The third kappa shape index (κ3) is 3.63. The predicted molar refractivity (Wildman–Crippen MR) is 97.0 cm³/mol. The zero-order chi connectivity index (χ0) is 17.2. The van der Waals surface area contributed by atoms with Crippen molar-refractivity contribution in [1.29, 1.82) is 0 Å². The summed E-state index contributed by atoms with van der Waals surface area (Å²) in [6.45, 7) is 3.35. The molecular formula is C17H24N2O3S2. The summed E-state index contributed by atoms with van der Waals surface area (Å²) in [5.41, 5.74) is 0.737. The van der Waals surface area contributed by atoms with Crippen LogP contribution < -0.4 is 4.90 Å². The molecule has 0 saturated carbocycles. The Kier molecular flexibility index (Phi) is 5.52.